The Morgan fingerprint density at radius 3 is 2.41 bits per heavy atom. The maximum absolute atomic E-state index is 12.2. The fourth-order valence-electron chi connectivity index (χ4n) is 3.49. The van der Waals surface area contributed by atoms with Gasteiger partial charge in [-0.05, 0) is 31.3 Å². The minimum Gasteiger partial charge on any atom is -0.353 e. The lowest BCUT2D eigenvalue weighted by atomic mass is 10.1. The van der Waals surface area contributed by atoms with Crippen LogP contribution in [0.5, 0.6) is 0 Å². The summed E-state index contributed by atoms with van der Waals surface area (Å²) in [4.78, 5) is 22.0. The SMILES string of the molecule is CCC(=O)NN1c2ccccc2N=C(N2CCN(C)CC2)c2ccccc21. The number of likely N-dealkylation sites (N-methyl/N-ethyl adjacent to an activating group) is 1. The molecule has 2 aliphatic rings. The first-order chi connectivity index (χ1) is 13.2. The van der Waals surface area contributed by atoms with Crippen LogP contribution in [0.3, 0.4) is 0 Å². The van der Waals surface area contributed by atoms with E-state index in [1.54, 1.807) is 0 Å². The number of nitrogens with one attached hydrogen (secondary N) is 1. The number of hydrogen-bond donors (Lipinski definition) is 1. The highest BCUT2D eigenvalue weighted by molar-refractivity contribution is 6.08. The molecule has 1 fully saturated rings. The molecule has 2 aromatic carbocycles. The number of carbonyl (C=O) groups is 1. The number of fused-ring (bicyclic) bond motifs is 2. The Balaban J connectivity index is 1.84. The van der Waals surface area contributed by atoms with E-state index in [-0.39, 0.29) is 5.91 Å². The molecule has 27 heavy (non-hydrogen) atoms. The average molecular weight is 363 g/mol. The highest BCUT2D eigenvalue weighted by atomic mass is 16.2. The third kappa shape index (κ3) is 3.40. The molecule has 0 bridgehead atoms. The number of carbonyl (C=O) groups excluding carboxylic acids is 1. The summed E-state index contributed by atoms with van der Waals surface area (Å²) in [7, 11) is 2.15. The lowest BCUT2D eigenvalue weighted by molar-refractivity contribution is -0.120. The van der Waals surface area contributed by atoms with E-state index in [0.29, 0.717) is 6.42 Å². The second-order valence-electron chi connectivity index (χ2n) is 6.96. The van der Waals surface area contributed by atoms with E-state index < -0.39 is 0 Å². The van der Waals surface area contributed by atoms with E-state index in [1.807, 2.05) is 54.4 Å². The number of piperazine rings is 1. The fourth-order valence-corrected chi connectivity index (χ4v) is 3.49. The number of hydrogen-bond acceptors (Lipinski definition) is 5. The summed E-state index contributed by atoms with van der Waals surface area (Å²) in [6.07, 6.45) is 0.424. The Morgan fingerprint density at radius 1 is 1.00 bits per heavy atom. The number of nitrogens with zero attached hydrogens (tertiary/aromatic N) is 4. The molecule has 6 nitrogen and oxygen atoms in total. The van der Waals surface area contributed by atoms with Crippen molar-refractivity contribution in [2.45, 2.75) is 13.3 Å². The molecule has 1 N–H and O–H groups in total. The molecule has 0 aliphatic carbocycles. The van der Waals surface area contributed by atoms with Gasteiger partial charge in [-0.15, -0.1) is 0 Å². The number of amides is 1. The topological polar surface area (TPSA) is 51.2 Å². The summed E-state index contributed by atoms with van der Waals surface area (Å²) in [5.74, 6) is 0.946. The summed E-state index contributed by atoms with van der Waals surface area (Å²) >= 11 is 0. The molecule has 0 atom stereocenters. The number of aliphatic imine (C=N–C) groups is 1. The number of amidine groups is 1. The van der Waals surface area contributed by atoms with Crippen LogP contribution >= 0.6 is 0 Å². The van der Waals surface area contributed by atoms with Gasteiger partial charge < -0.3 is 9.80 Å². The van der Waals surface area contributed by atoms with Crippen molar-refractivity contribution in [2.75, 3.05) is 38.2 Å². The Morgan fingerprint density at radius 2 is 1.67 bits per heavy atom. The lowest BCUT2D eigenvalue weighted by Crippen LogP contribution is -2.47. The lowest BCUT2D eigenvalue weighted by Gasteiger charge is -2.35. The molecule has 6 heteroatoms. The predicted octanol–water partition coefficient (Wildman–Crippen LogP) is 2.91. The first kappa shape index (κ1) is 17.5. The van der Waals surface area contributed by atoms with Crippen molar-refractivity contribution in [1.29, 1.82) is 0 Å². The largest absolute Gasteiger partial charge is 0.353 e. The van der Waals surface area contributed by atoms with E-state index in [1.165, 1.54) is 0 Å². The minimum absolute atomic E-state index is 0.0253. The minimum atomic E-state index is -0.0253. The van der Waals surface area contributed by atoms with Gasteiger partial charge in [0.1, 0.15) is 5.84 Å². The van der Waals surface area contributed by atoms with Gasteiger partial charge in [-0.3, -0.25) is 15.2 Å². The molecular weight excluding hydrogens is 338 g/mol. The Hall–Kier alpha value is -2.86. The van der Waals surface area contributed by atoms with E-state index in [4.69, 9.17) is 4.99 Å². The molecule has 4 rings (SSSR count). The van der Waals surface area contributed by atoms with Crippen LogP contribution in [0.1, 0.15) is 18.9 Å². The van der Waals surface area contributed by atoms with Crippen LogP contribution in [0.2, 0.25) is 0 Å². The second-order valence-corrected chi connectivity index (χ2v) is 6.96. The van der Waals surface area contributed by atoms with Crippen LogP contribution in [0.25, 0.3) is 0 Å². The van der Waals surface area contributed by atoms with Crippen LogP contribution in [0.4, 0.5) is 17.1 Å². The summed E-state index contributed by atoms with van der Waals surface area (Å²) in [5.41, 5.74) is 6.77. The van der Waals surface area contributed by atoms with Crippen molar-refractivity contribution in [3.8, 4) is 0 Å². The summed E-state index contributed by atoms with van der Waals surface area (Å²) < 4.78 is 0. The molecule has 0 spiro atoms. The normalized spacial score (nSPS) is 16.9. The van der Waals surface area contributed by atoms with Crippen molar-refractivity contribution >= 4 is 28.8 Å². The third-order valence-corrected chi connectivity index (χ3v) is 5.10. The van der Waals surface area contributed by atoms with Gasteiger partial charge >= 0.3 is 0 Å². The van der Waals surface area contributed by atoms with Crippen LogP contribution in [-0.4, -0.2) is 54.8 Å². The maximum atomic E-state index is 12.2. The van der Waals surface area contributed by atoms with Gasteiger partial charge in [-0.2, -0.15) is 0 Å². The number of hydrazine groups is 1. The van der Waals surface area contributed by atoms with Crippen molar-refractivity contribution in [3.63, 3.8) is 0 Å². The number of rotatable bonds is 2. The first-order valence-electron chi connectivity index (χ1n) is 9.47. The van der Waals surface area contributed by atoms with Crippen molar-refractivity contribution in [2.24, 2.45) is 4.99 Å². The molecule has 2 aliphatic heterocycles. The van der Waals surface area contributed by atoms with E-state index in [2.05, 4.69) is 28.3 Å². The zero-order valence-electron chi connectivity index (χ0n) is 15.9. The van der Waals surface area contributed by atoms with Gasteiger partial charge in [-0.25, -0.2) is 4.99 Å². The molecule has 140 valence electrons. The van der Waals surface area contributed by atoms with Gasteiger partial charge in [0, 0.05) is 38.2 Å². The number of anilines is 2. The zero-order chi connectivity index (χ0) is 18.8. The van der Waals surface area contributed by atoms with Crippen molar-refractivity contribution in [1.82, 2.24) is 15.2 Å². The van der Waals surface area contributed by atoms with Gasteiger partial charge in [0.15, 0.2) is 0 Å². The number of benzene rings is 2. The molecule has 2 heterocycles. The third-order valence-electron chi connectivity index (χ3n) is 5.10. The summed E-state index contributed by atoms with van der Waals surface area (Å²) in [6, 6.07) is 16.1. The number of para-hydroxylation sites is 3. The Kier molecular flexibility index (Phi) is 4.81. The van der Waals surface area contributed by atoms with Crippen LogP contribution in [0.15, 0.2) is 53.5 Å². The first-order valence-corrected chi connectivity index (χ1v) is 9.47. The summed E-state index contributed by atoms with van der Waals surface area (Å²) in [6.45, 7) is 5.76. The monoisotopic (exact) mass is 363 g/mol. The van der Waals surface area contributed by atoms with Gasteiger partial charge in [0.25, 0.3) is 0 Å². The van der Waals surface area contributed by atoms with Crippen LogP contribution in [0, 0.1) is 0 Å². The molecule has 1 saturated heterocycles. The van der Waals surface area contributed by atoms with E-state index in [9.17, 15) is 4.79 Å². The molecule has 0 aromatic heterocycles. The fraction of sp³-hybridized carbons (Fsp3) is 0.333. The van der Waals surface area contributed by atoms with Crippen molar-refractivity contribution < 1.29 is 4.79 Å². The summed E-state index contributed by atoms with van der Waals surface area (Å²) in [5, 5.41) is 1.88. The smallest absolute Gasteiger partial charge is 0.238 e. The second kappa shape index (κ2) is 7.40. The average Bonchev–Trinajstić information content (AvgIpc) is 2.84. The molecule has 2 aromatic rings. The highest BCUT2D eigenvalue weighted by Crippen LogP contribution is 2.38. The maximum Gasteiger partial charge on any atom is 0.238 e. The Bertz CT molecular complexity index is 870. The van der Waals surface area contributed by atoms with Gasteiger partial charge in [0.05, 0.1) is 17.1 Å². The quantitative estimate of drug-likeness (QED) is 0.891. The molecule has 0 unspecified atom stereocenters. The molecule has 0 radical (unpaired) electrons. The van der Waals surface area contributed by atoms with E-state index in [0.717, 1.165) is 54.6 Å². The molecule has 1 amide bonds. The predicted molar refractivity (Wildman–Crippen MR) is 109 cm³/mol. The molecule has 0 saturated carbocycles. The molecular formula is C21H25N5O. The van der Waals surface area contributed by atoms with Gasteiger partial charge in [-0.1, -0.05) is 31.2 Å². The van der Waals surface area contributed by atoms with Gasteiger partial charge in [0.2, 0.25) is 5.91 Å². The van der Waals surface area contributed by atoms with Crippen LogP contribution in [-0.2, 0) is 4.79 Å². The van der Waals surface area contributed by atoms with Crippen LogP contribution < -0.4 is 10.4 Å². The standard InChI is InChI=1S/C21H25N5O/c1-3-20(27)23-26-18-10-6-4-8-16(18)21(25-14-12-24(2)13-15-25)22-17-9-5-7-11-19(17)26/h4-11H,3,12-15H2,1-2H3,(H,23,27). The van der Waals surface area contributed by atoms with E-state index >= 15 is 0 Å². The zero-order valence-corrected chi connectivity index (χ0v) is 15.9. The Labute approximate surface area is 160 Å². The van der Waals surface area contributed by atoms with Crippen molar-refractivity contribution in [3.05, 3.63) is 54.1 Å². The highest BCUT2D eigenvalue weighted by Gasteiger charge is 2.27.